The zero-order valence-corrected chi connectivity index (χ0v) is 17.4. The van der Waals surface area contributed by atoms with Crippen LogP contribution < -0.4 is 5.32 Å². The van der Waals surface area contributed by atoms with E-state index >= 15 is 0 Å². The first-order chi connectivity index (χ1) is 12.4. The molecular formula is C16H24N4O3S3. The minimum Gasteiger partial charge on any atom is -0.301 e. The summed E-state index contributed by atoms with van der Waals surface area (Å²) in [5.41, 5.74) is 0. The van der Waals surface area contributed by atoms with Crippen molar-refractivity contribution in [1.29, 1.82) is 0 Å². The van der Waals surface area contributed by atoms with Gasteiger partial charge >= 0.3 is 0 Å². The van der Waals surface area contributed by atoms with Gasteiger partial charge in [0.15, 0.2) is 0 Å². The number of hydrogen-bond acceptors (Lipinski definition) is 7. The lowest BCUT2D eigenvalue weighted by atomic mass is 10.2. The molecule has 0 spiro atoms. The van der Waals surface area contributed by atoms with E-state index in [1.54, 1.807) is 17.5 Å². The molecule has 0 aliphatic rings. The van der Waals surface area contributed by atoms with E-state index in [-0.39, 0.29) is 18.9 Å². The first-order valence-electron chi connectivity index (χ1n) is 8.55. The lowest BCUT2D eigenvalue weighted by Gasteiger charge is -2.15. The van der Waals surface area contributed by atoms with Gasteiger partial charge in [0, 0.05) is 26.4 Å². The van der Waals surface area contributed by atoms with Crippen molar-refractivity contribution in [1.82, 2.24) is 14.5 Å². The Balaban J connectivity index is 1.73. The summed E-state index contributed by atoms with van der Waals surface area (Å²) in [5, 5.41) is 13.9. The fraction of sp³-hybridized carbons (Fsp3) is 0.562. The zero-order chi connectivity index (χ0) is 19.0. The van der Waals surface area contributed by atoms with E-state index in [0.717, 1.165) is 30.7 Å². The zero-order valence-electron chi connectivity index (χ0n) is 15.0. The van der Waals surface area contributed by atoms with E-state index in [1.165, 1.54) is 34.0 Å². The quantitative estimate of drug-likeness (QED) is 0.567. The standard InChI is InChI=1S/C16H24N4O3S3/c1-3-4-5-9-14-18-19-16(25-14)17-13(21)8-6-11-20(2)26(22,23)15-10-7-12-24-15/h7,10,12H,3-6,8-9,11H2,1-2H3,(H,17,19,21). The minimum atomic E-state index is -3.46. The molecule has 0 aliphatic carbocycles. The largest absolute Gasteiger partial charge is 0.301 e. The summed E-state index contributed by atoms with van der Waals surface area (Å²) in [6, 6.07) is 3.29. The Bertz CT molecular complexity index is 788. The first kappa shape index (κ1) is 20.9. The minimum absolute atomic E-state index is 0.178. The molecule has 0 aliphatic heterocycles. The number of carbonyl (C=O) groups is 1. The van der Waals surface area contributed by atoms with Crippen LogP contribution in [0.2, 0.25) is 0 Å². The van der Waals surface area contributed by atoms with Gasteiger partial charge in [0.2, 0.25) is 11.0 Å². The summed E-state index contributed by atoms with van der Waals surface area (Å²) in [5.74, 6) is -0.178. The van der Waals surface area contributed by atoms with Crippen LogP contribution in [0.3, 0.4) is 0 Å². The van der Waals surface area contributed by atoms with Gasteiger partial charge in [-0.25, -0.2) is 12.7 Å². The molecule has 2 aromatic heterocycles. The molecule has 0 saturated heterocycles. The fourth-order valence-electron chi connectivity index (χ4n) is 2.26. The Hall–Kier alpha value is -1.36. The molecule has 0 radical (unpaired) electrons. The van der Waals surface area contributed by atoms with Crippen LogP contribution >= 0.6 is 22.7 Å². The number of carbonyl (C=O) groups excluding carboxylic acids is 1. The summed E-state index contributed by atoms with van der Waals surface area (Å²) in [4.78, 5) is 12.0. The lowest BCUT2D eigenvalue weighted by molar-refractivity contribution is -0.116. The van der Waals surface area contributed by atoms with Crippen molar-refractivity contribution >= 4 is 43.7 Å². The van der Waals surface area contributed by atoms with Gasteiger partial charge < -0.3 is 5.32 Å². The smallest absolute Gasteiger partial charge is 0.252 e. The molecule has 26 heavy (non-hydrogen) atoms. The predicted octanol–water partition coefficient (Wildman–Crippen LogP) is 3.37. The molecule has 10 heteroatoms. The highest BCUT2D eigenvalue weighted by atomic mass is 32.2. The summed E-state index contributed by atoms with van der Waals surface area (Å²) in [7, 11) is -1.93. The molecule has 0 bridgehead atoms. The van der Waals surface area contributed by atoms with Crippen molar-refractivity contribution in [3.63, 3.8) is 0 Å². The van der Waals surface area contributed by atoms with E-state index in [1.807, 2.05) is 0 Å². The number of hydrogen-bond donors (Lipinski definition) is 1. The summed E-state index contributed by atoms with van der Waals surface area (Å²) in [6.45, 7) is 2.43. The van der Waals surface area contributed by atoms with Crippen LogP contribution in [0, 0.1) is 0 Å². The Kier molecular flexibility index (Phi) is 8.14. The lowest BCUT2D eigenvalue weighted by Crippen LogP contribution is -2.28. The van der Waals surface area contributed by atoms with Crippen LogP contribution in [0.5, 0.6) is 0 Å². The van der Waals surface area contributed by atoms with E-state index in [0.29, 0.717) is 15.8 Å². The molecule has 0 atom stereocenters. The Morgan fingerprint density at radius 3 is 2.77 bits per heavy atom. The fourth-order valence-corrected chi connectivity index (χ4v) is 5.47. The average Bonchev–Trinajstić information content (AvgIpc) is 3.27. The SMILES string of the molecule is CCCCCc1nnc(NC(=O)CCCN(C)S(=O)(=O)c2cccs2)s1. The molecule has 0 fully saturated rings. The van der Waals surface area contributed by atoms with Crippen LogP contribution in [0.15, 0.2) is 21.7 Å². The number of aryl methyl sites for hydroxylation is 1. The predicted molar refractivity (Wildman–Crippen MR) is 105 cm³/mol. The number of unbranched alkanes of at least 4 members (excludes halogenated alkanes) is 2. The van der Waals surface area contributed by atoms with Crippen molar-refractivity contribution in [2.75, 3.05) is 18.9 Å². The molecule has 2 rings (SSSR count). The van der Waals surface area contributed by atoms with Crippen LogP contribution in [0.4, 0.5) is 5.13 Å². The molecule has 0 saturated carbocycles. The molecular weight excluding hydrogens is 392 g/mol. The third kappa shape index (κ3) is 6.11. The summed E-state index contributed by atoms with van der Waals surface area (Å²) < 4.78 is 26.2. The van der Waals surface area contributed by atoms with Gasteiger partial charge in [0.1, 0.15) is 9.22 Å². The van der Waals surface area contributed by atoms with Gasteiger partial charge in [-0.15, -0.1) is 21.5 Å². The van der Waals surface area contributed by atoms with Crippen molar-refractivity contribution in [2.45, 2.75) is 49.7 Å². The Morgan fingerprint density at radius 2 is 2.08 bits per heavy atom. The van der Waals surface area contributed by atoms with E-state index in [2.05, 4.69) is 22.4 Å². The first-order valence-corrected chi connectivity index (χ1v) is 11.7. The van der Waals surface area contributed by atoms with E-state index < -0.39 is 10.0 Å². The average molecular weight is 417 g/mol. The maximum absolute atomic E-state index is 12.3. The van der Waals surface area contributed by atoms with Gasteiger partial charge in [0.05, 0.1) is 0 Å². The van der Waals surface area contributed by atoms with Crippen LogP contribution in [-0.4, -0.2) is 42.4 Å². The molecule has 7 nitrogen and oxygen atoms in total. The van der Waals surface area contributed by atoms with Crippen LogP contribution in [0.1, 0.15) is 44.0 Å². The monoisotopic (exact) mass is 416 g/mol. The number of aromatic nitrogens is 2. The molecule has 144 valence electrons. The second kappa shape index (κ2) is 10.1. The number of nitrogens with zero attached hydrogens (tertiary/aromatic N) is 3. The van der Waals surface area contributed by atoms with Crippen molar-refractivity contribution in [3.05, 3.63) is 22.5 Å². The Morgan fingerprint density at radius 1 is 1.27 bits per heavy atom. The highest BCUT2D eigenvalue weighted by molar-refractivity contribution is 7.91. The van der Waals surface area contributed by atoms with Gasteiger partial charge in [-0.05, 0) is 24.3 Å². The van der Waals surface area contributed by atoms with Crippen LogP contribution in [-0.2, 0) is 21.2 Å². The maximum Gasteiger partial charge on any atom is 0.252 e. The third-order valence-electron chi connectivity index (χ3n) is 3.74. The Labute approximate surface area is 162 Å². The number of rotatable bonds is 11. The maximum atomic E-state index is 12.3. The normalized spacial score (nSPS) is 11.8. The van der Waals surface area contributed by atoms with Gasteiger partial charge in [-0.1, -0.05) is 37.2 Å². The molecule has 1 N–H and O–H groups in total. The van der Waals surface area contributed by atoms with Crippen molar-refractivity contribution < 1.29 is 13.2 Å². The van der Waals surface area contributed by atoms with Gasteiger partial charge in [0.25, 0.3) is 10.0 Å². The van der Waals surface area contributed by atoms with Crippen molar-refractivity contribution in [3.8, 4) is 0 Å². The van der Waals surface area contributed by atoms with E-state index in [9.17, 15) is 13.2 Å². The van der Waals surface area contributed by atoms with Crippen LogP contribution in [0.25, 0.3) is 0 Å². The summed E-state index contributed by atoms with van der Waals surface area (Å²) in [6.07, 6.45) is 4.93. The molecule has 0 aromatic carbocycles. The number of amides is 1. The van der Waals surface area contributed by atoms with Gasteiger partial charge in [-0.2, -0.15) is 0 Å². The molecule has 0 unspecified atom stereocenters. The second-order valence-corrected chi connectivity index (χ2v) is 10.1. The van der Waals surface area contributed by atoms with E-state index in [4.69, 9.17) is 0 Å². The number of sulfonamides is 1. The van der Waals surface area contributed by atoms with Crippen molar-refractivity contribution in [2.24, 2.45) is 0 Å². The second-order valence-electron chi connectivity index (χ2n) is 5.87. The highest BCUT2D eigenvalue weighted by Gasteiger charge is 2.21. The molecule has 1 amide bonds. The molecule has 2 aromatic rings. The number of anilines is 1. The van der Waals surface area contributed by atoms with Gasteiger partial charge in [-0.3, -0.25) is 4.79 Å². The number of thiophene rings is 1. The molecule has 2 heterocycles. The topological polar surface area (TPSA) is 92.3 Å². The third-order valence-corrected chi connectivity index (χ3v) is 7.87. The highest BCUT2D eigenvalue weighted by Crippen LogP contribution is 2.20. The number of nitrogens with one attached hydrogen (secondary N) is 1. The summed E-state index contributed by atoms with van der Waals surface area (Å²) >= 11 is 2.58.